The van der Waals surface area contributed by atoms with Crippen molar-refractivity contribution in [2.75, 3.05) is 19.8 Å². The Bertz CT molecular complexity index is 278. The van der Waals surface area contributed by atoms with Gasteiger partial charge < -0.3 is 10.1 Å². The summed E-state index contributed by atoms with van der Waals surface area (Å²) in [6, 6.07) is 4.40. The summed E-state index contributed by atoms with van der Waals surface area (Å²) in [6.45, 7) is 2.76. The first kappa shape index (κ1) is 11.9. The Hall–Kier alpha value is -1.16. The molecule has 0 aliphatic heterocycles. The lowest BCUT2D eigenvalue weighted by atomic mass is 10.2. The van der Waals surface area contributed by atoms with E-state index < -0.39 is 6.67 Å². The number of hydrogen-bond donors (Lipinski definition) is 1. The van der Waals surface area contributed by atoms with Crippen LogP contribution in [0.25, 0.3) is 0 Å². The second-order valence-corrected chi connectivity index (χ2v) is 3.11. The molecule has 0 saturated heterocycles. The van der Waals surface area contributed by atoms with Gasteiger partial charge in [-0.2, -0.15) is 0 Å². The first-order chi connectivity index (χ1) is 7.26. The number of rotatable bonds is 6. The quantitative estimate of drug-likeness (QED) is 0.786. The van der Waals surface area contributed by atoms with Gasteiger partial charge in [0.25, 0.3) is 0 Å². The molecule has 0 aliphatic rings. The summed E-state index contributed by atoms with van der Waals surface area (Å²) in [5.41, 5.74) is 0.797. The molecular weight excluding hydrogens is 200 g/mol. The van der Waals surface area contributed by atoms with Gasteiger partial charge in [0, 0.05) is 12.6 Å². The van der Waals surface area contributed by atoms with Crippen LogP contribution in [0.1, 0.15) is 12.5 Å². The van der Waals surface area contributed by atoms with Crippen molar-refractivity contribution in [2.45, 2.75) is 13.5 Å². The molecule has 4 heteroatoms. The van der Waals surface area contributed by atoms with Crippen LogP contribution in [-0.4, -0.2) is 19.8 Å². The van der Waals surface area contributed by atoms with E-state index in [1.54, 1.807) is 6.07 Å². The van der Waals surface area contributed by atoms with Gasteiger partial charge in [0.1, 0.15) is 24.8 Å². The van der Waals surface area contributed by atoms with Gasteiger partial charge in [0.05, 0.1) is 0 Å². The fourth-order valence-electron chi connectivity index (χ4n) is 1.23. The van der Waals surface area contributed by atoms with Crippen molar-refractivity contribution in [2.24, 2.45) is 0 Å². The molecule has 1 aromatic carbocycles. The number of hydrogen-bond acceptors (Lipinski definition) is 2. The molecule has 1 rings (SSSR count). The van der Waals surface area contributed by atoms with E-state index in [2.05, 4.69) is 5.32 Å². The van der Waals surface area contributed by atoms with Gasteiger partial charge in [-0.15, -0.1) is 0 Å². The lowest BCUT2D eigenvalue weighted by Crippen LogP contribution is -2.12. The van der Waals surface area contributed by atoms with Gasteiger partial charge in [-0.1, -0.05) is 6.92 Å². The van der Waals surface area contributed by atoms with Gasteiger partial charge in [-0.05, 0) is 24.2 Å². The molecule has 0 saturated carbocycles. The van der Waals surface area contributed by atoms with Crippen molar-refractivity contribution in [1.29, 1.82) is 0 Å². The summed E-state index contributed by atoms with van der Waals surface area (Å²) in [4.78, 5) is 0. The summed E-state index contributed by atoms with van der Waals surface area (Å²) in [5, 5.41) is 3.08. The average molecular weight is 215 g/mol. The molecule has 0 fully saturated rings. The molecule has 0 radical (unpaired) electrons. The lowest BCUT2D eigenvalue weighted by Gasteiger charge is -2.07. The highest BCUT2D eigenvalue weighted by atomic mass is 19.1. The van der Waals surface area contributed by atoms with E-state index in [1.807, 2.05) is 6.92 Å². The molecule has 1 aromatic rings. The van der Waals surface area contributed by atoms with E-state index in [9.17, 15) is 8.78 Å². The second kappa shape index (κ2) is 6.35. The van der Waals surface area contributed by atoms with Crippen LogP contribution in [0.5, 0.6) is 5.75 Å². The zero-order valence-electron chi connectivity index (χ0n) is 8.72. The molecule has 0 unspecified atom stereocenters. The maximum absolute atomic E-state index is 13.1. The number of benzene rings is 1. The Morgan fingerprint density at radius 2 is 2.13 bits per heavy atom. The van der Waals surface area contributed by atoms with E-state index in [1.165, 1.54) is 12.1 Å². The highest BCUT2D eigenvalue weighted by molar-refractivity contribution is 5.29. The predicted octanol–water partition coefficient (Wildman–Crippen LogP) is 2.28. The summed E-state index contributed by atoms with van der Waals surface area (Å²) in [5.74, 6) is 0.0137. The summed E-state index contributed by atoms with van der Waals surface area (Å²) < 4.78 is 29.9. The minimum atomic E-state index is -0.570. The van der Waals surface area contributed by atoms with Gasteiger partial charge >= 0.3 is 0 Å². The Morgan fingerprint density at radius 3 is 2.80 bits per heavy atom. The van der Waals surface area contributed by atoms with E-state index >= 15 is 0 Å². The topological polar surface area (TPSA) is 21.3 Å². The third-order valence-electron chi connectivity index (χ3n) is 1.86. The number of ether oxygens (including phenoxy) is 1. The Morgan fingerprint density at radius 1 is 1.33 bits per heavy atom. The van der Waals surface area contributed by atoms with Crippen LogP contribution in [0.4, 0.5) is 8.78 Å². The molecule has 2 nitrogen and oxygen atoms in total. The van der Waals surface area contributed by atoms with Crippen LogP contribution < -0.4 is 10.1 Å². The predicted molar refractivity (Wildman–Crippen MR) is 55.3 cm³/mol. The lowest BCUT2D eigenvalue weighted by molar-refractivity contribution is 0.272. The minimum Gasteiger partial charge on any atom is -0.491 e. The van der Waals surface area contributed by atoms with E-state index in [-0.39, 0.29) is 12.4 Å². The highest BCUT2D eigenvalue weighted by Crippen LogP contribution is 2.16. The molecule has 15 heavy (non-hydrogen) atoms. The summed E-state index contributed by atoms with van der Waals surface area (Å²) >= 11 is 0. The molecule has 0 aliphatic carbocycles. The van der Waals surface area contributed by atoms with Crippen LogP contribution >= 0.6 is 0 Å². The number of halogens is 2. The van der Waals surface area contributed by atoms with Crippen LogP contribution in [0.3, 0.4) is 0 Å². The van der Waals surface area contributed by atoms with Crippen LogP contribution in [0.2, 0.25) is 0 Å². The van der Waals surface area contributed by atoms with Crippen LogP contribution in [0, 0.1) is 5.82 Å². The van der Waals surface area contributed by atoms with E-state index in [4.69, 9.17) is 4.74 Å². The van der Waals surface area contributed by atoms with Crippen molar-refractivity contribution in [1.82, 2.24) is 5.32 Å². The van der Waals surface area contributed by atoms with Crippen LogP contribution in [-0.2, 0) is 6.54 Å². The van der Waals surface area contributed by atoms with Gasteiger partial charge in [0.2, 0.25) is 0 Å². The monoisotopic (exact) mass is 215 g/mol. The summed E-state index contributed by atoms with van der Waals surface area (Å²) in [7, 11) is 0. The molecule has 0 amide bonds. The Balaban J connectivity index is 2.66. The SMILES string of the molecule is CCNCc1cc(F)cc(OCCF)c1. The largest absolute Gasteiger partial charge is 0.491 e. The van der Waals surface area contributed by atoms with Crippen molar-refractivity contribution in [3.05, 3.63) is 29.6 Å². The third kappa shape index (κ3) is 4.25. The van der Waals surface area contributed by atoms with Crippen molar-refractivity contribution < 1.29 is 13.5 Å². The third-order valence-corrected chi connectivity index (χ3v) is 1.86. The van der Waals surface area contributed by atoms with Crippen molar-refractivity contribution in [3.8, 4) is 5.75 Å². The van der Waals surface area contributed by atoms with Gasteiger partial charge in [-0.25, -0.2) is 8.78 Å². The fraction of sp³-hybridized carbons (Fsp3) is 0.455. The Kier molecular flexibility index (Phi) is 5.04. The average Bonchev–Trinajstić information content (AvgIpc) is 2.23. The smallest absolute Gasteiger partial charge is 0.127 e. The van der Waals surface area contributed by atoms with Gasteiger partial charge in [0.15, 0.2) is 0 Å². The highest BCUT2D eigenvalue weighted by Gasteiger charge is 2.01. The maximum atomic E-state index is 13.1. The Labute approximate surface area is 88.3 Å². The normalized spacial score (nSPS) is 10.3. The zero-order valence-corrected chi connectivity index (χ0v) is 8.72. The molecular formula is C11H15F2NO. The molecule has 0 aromatic heterocycles. The molecule has 0 atom stereocenters. The van der Waals surface area contributed by atoms with E-state index in [0.717, 1.165) is 12.1 Å². The van der Waals surface area contributed by atoms with Gasteiger partial charge in [-0.3, -0.25) is 0 Å². The standard InChI is InChI=1S/C11H15F2NO/c1-2-14-8-9-5-10(13)7-11(6-9)15-4-3-12/h5-7,14H,2-4,8H2,1H3. The summed E-state index contributed by atoms with van der Waals surface area (Å²) in [6.07, 6.45) is 0. The van der Waals surface area contributed by atoms with Crippen LogP contribution in [0.15, 0.2) is 18.2 Å². The fourth-order valence-corrected chi connectivity index (χ4v) is 1.23. The van der Waals surface area contributed by atoms with Crippen molar-refractivity contribution >= 4 is 0 Å². The molecule has 0 spiro atoms. The first-order valence-corrected chi connectivity index (χ1v) is 4.95. The first-order valence-electron chi connectivity index (χ1n) is 4.95. The zero-order chi connectivity index (χ0) is 11.1. The van der Waals surface area contributed by atoms with E-state index in [0.29, 0.717) is 12.3 Å². The molecule has 0 heterocycles. The number of nitrogens with one attached hydrogen (secondary N) is 1. The van der Waals surface area contributed by atoms with Crippen molar-refractivity contribution in [3.63, 3.8) is 0 Å². The molecule has 0 bridgehead atoms. The number of alkyl halides is 1. The second-order valence-electron chi connectivity index (χ2n) is 3.11. The minimum absolute atomic E-state index is 0.0376. The maximum Gasteiger partial charge on any atom is 0.127 e. The molecule has 1 N–H and O–H groups in total. The molecule has 84 valence electrons.